The first kappa shape index (κ1) is 19.0. The number of aromatic nitrogens is 2. The zero-order valence-electron chi connectivity index (χ0n) is 14.6. The molecule has 0 saturated carbocycles. The van der Waals surface area contributed by atoms with Crippen LogP contribution in [0.4, 0.5) is 0 Å². The molecule has 0 unspecified atom stereocenters. The highest BCUT2D eigenvalue weighted by Crippen LogP contribution is 2.19. The number of hydrogen-bond donors (Lipinski definition) is 1. The summed E-state index contributed by atoms with van der Waals surface area (Å²) >= 11 is 5.88. The van der Waals surface area contributed by atoms with Crippen molar-refractivity contribution in [1.82, 2.24) is 14.7 Å². The molecule has 6 nitrogen and oxygen atoms in total. The molecule has 0 saturated heterocycles. The van der Waals surface area contributed by atoms with E-state index in [0.717, 1.165) is 5.56 Å². The van der Waals surface area contributed by atoms with E-state index < -0.39 is 15.9 Å². The van der Waals surface area contributed by atoms with Gasteiger partial charge in [-0.15, -0.1) is 0 Å². The third-order valence-electron chi connectivity index (χ3n) is 3.85. The number of rotatable bonds is 4. The van der Waals surface area contributed by atoms with Gasteiger partial charge in [-0.25, -0.2) is 23.1 Å². The molecule has 0 aliphatic carbocycles. The van der Waals surface area contributed by atoms with Crippen molar-refractivity contribution in [2.24, 2.45) is 0 Å². The lowest BCUT2D eigenvalue weighted by Crippen LogP contribution is -2.32. The van der Waals surface area contributed by atoms with E-state index in [0.29, 0.717) is 22.0 Å². The van der Waals surface area contributed by atoms with Crippen molar-refractivity contribution in [3.8, 4) is 11.4 Å². The topological polar surface area (TPSA) is 89.0 Å². The Kier molecular flexibility index (Phi) is 5.25. The zero-order valence-corrected chi connectivity index (χ0v) is 16.2. The van der Waals surface area contributed by atoms with Gasteiger partial charge in [0.05, 0.1) is 4.90 Å². The van der Waals surface area contributed by atoms with Crippen molar-refractivity contribution in [2.75, 3.05) is 0 Å². The molecule has 0 fully saturated rings. The lowest BCUT2D eigenvalue weighted by atomic mass is 10.2. The molecular formula is C19H16ClN3O3S. The Morgan fingerprint density at radius 1 is 1.00 bits per heavy atom. The predicted molar refractivity (Wildman–Crippen MR) is 103 cm³/mol. The largest absolute Gasteiger partial charge is 0.284 e. The molecule has 0 atom stereocenters. The number of nitrogens with zero attached hydrogens (tertiary/aromatic N) is 2. The Bertz CT molecular complexity index is 1100. The summed E-state index contributed by atoms with van der Waals surface area (Å²) in [7, 11) is -4.00. The molecule has 0 aliphatic heterocycles. The lowest BCUT2D eigenvalue weighted by molar-refractivity contribution is 0.0976. The Balaban J connectivity index is 1.91. The van der Waals surface area contributed by atoms with Crippen molar-refractivity contribution in [2.45, 2.75) is 18.7 Å². The van der Waals surface area contributed by atoms with Crippen LogP contribution in [-0.2, 0) is 10.0 Å². The Morgan fingerprint density at radius 2 is 1.63 bits per heavy atom. The fourth-order valence-corrected chi connectivity index (χ4v) is 3.44. The van der Waals surface area contributed by atoms with Crippen LogP contribution in [0.1, 0.15) is 21.6 Å². The minimum Gasteiger partial charge on any atom is -0.266 e. The SMILES string of the molecule is Cc1ccc(S(=O)(=O)NC(=O)c2nc(-c3ccc(Cl)cc3)ncc2C)cc1. The van der Waals surface area contributed by atoms with Crippen LogP contribution >= 0.6 is 11.6 Å². The van der Waals surface area contributed by atoms with Gasteiger partial charge in [-0.2, -0.15) is 0 Å². The van der Waals surface area contributed by atoms with Crippen molar-refractivity contribution in [3.63, 3.8) is 0 Å². The minimum atomic E-state index is -4.00. The maximum Gasteiger partial charge on any atom is 0.284 e. The number of carbonyl (C=O) groups excluding carboxylic acids is 1. The van der Waals surface area contributed by atoms with E-state index in [1.54, 1.807) is 43.3 Å². The lowest BCUT2D eigenvalue weighted by Gasteiger charge is -2.09. The van der Waals surface area contributed by atoms with Crippen LogP contribution in [0.25, 0.3) is 11.4 Å². The average Bonchev–Trinajstić information content (AvgIpc) is 2.63. The molecule has 138 valence electrons. The summed E-state index contributed by atoms with van der Waals surface area (Å²) in [6.07, 6.45) is 1.48. The highest BCUT2D eigenvalue weighted by Gasteiger charge is 2.21. The third-order valence-corrected chi connectivity index (χ3v) is 5.45. The maximum atomic E-state index is 12.6. The molecular weight excluding hydrogens is 386 g/mol. The fourth-order valence-electron chi connectivity index (χ4n) is 2.36. The number of sulfonamides is 1. The molecule has 1 N–H and O–H groups in total. The molecule has 1 aromatic heterocycles. The monoisotopic (exact) mass is 401 g/mol. The number of hydrogen-bond acceptors (Lipinski definition) is 5. The maximum absolute atomic E-state index is 12.6. The number of halogens is 1. The first-order chi connectivity index (χ1) is 12.8. The standard InChI is InChI=1S/C19H16ClN3O3S/c1-12-3-9-16(10-4-12)27(25,26)23-19(24)17-13(2)11-21-18(22-17)14-5-7-15(20)8-6-14/h3-11H,1-2H3,(H,23,24). The summed E-state index contributed by atoms with van der Waals surface area (Å²) in [6, 6.07) is 13.0. The van der Waals surface area contributed by atoms with E-state index in [2.05, 4.69) is 14.7 Å². The van der Waals surface area contributed by atoms with Crippen LogP contribution < -0.4 is 4.72 Å². The Hall–Kier alpha value is -2.77. The van der Waals surface area contributed by atoms with E-state index in [9.17, 15) is 13.2 Å². The summed E-state index contributed by atoms with van der Waals surface area (Å²) in [6.45, 7) is 3.48. The van der Waals surface area contributed by atoms with Gasteiger partial charge in [-0.05, 0) is 55.8 Å². The van der Waals surface area contributed by atoms with Gasteiger partial charge in [0, 0.05) is 16.8 Å². The van der Waals surface area contributed by atoms with E-state index in [1.807, 2.05) is 6.92 Å². The second kappa shape index (κ2) is 7.46. The molecule has 27 heavy (non-hydrogen) atoms. The molecule has 0 aliphatic rings. The van der Waals surface area contributed by atoms with Gasteiger partial charge in [0.2, 0.25) is 0 Å². The first-order valence-electron chi connectivity index (χ1n) is 8.00. The molecule has 1 amide bonds. The van der Waals surface area contributed by atoms with Gasteiger partial charge >= 0.3 is 0 Å². The second-order valence-electron chi connectivity index (χ2n) is 5.98. The molecule has 0 bridgehead atoms. The van der Waals surface area contributed by atoms with E-state index >= 15 is 0 Å². The summed E-state index contributed by atoms with van der Waals surface area (Å²) in [5, 5.41) is 0.563. The number of aryl methyl sites for hydroxylation is 2. The van der Waals surface area contributed by atoms with E-state index in [-0.39, 0.29) is 10.6 Å². The first-order valence-corrected chi connectivity index (χ1v) is 9.86. The number of nitrogens with one attached hydrogen (secondary N) is 1. The second-order valence-corrected chi connectivity index (χ2v) is 8.10. The van der Waals surface area contributed by atoms with Gasteiger partial charge in [-0.3, -0.25) is 4.79 Å². The van der Waals surface area contributed by atoms with E-state index in [1.165, 1.54) is 18.3 Å². The quantitative estimate of drug-likeness (QED) is 0.722. The predicted octanol–water partition coefficient (Wildman–Crippen LogP) is 3.53. The Morgan fingerprint density at radius 3 is 2.26 bits per heavy atom. The smallest absolute Gasteiger partial charge is 0.266 e. The highest BCUT2D eigenvalue weighted by molar-refractivity contribution is 7.90. The van der Waals surface area contributed by atoms with Crippen molar-refractivity contribution >= 4 is 27.5 Å². The van der Waals surface area contributed by atoms with Crippen LogP contribution in [0.2, 0.25) is 5.02 Å². The Labute approximate surface area is 162 Å². The van der Waals surface area contributed by atoms with Crippen molar-refractivity contribution < 1.29 is 13.2 Å². The van der Waals surface area contributed by atoms with Gasteiger partial charge < -0.3 is 0 Å². The van der Waals surface area contributed by atoms with Gasteiger partial charge in [-0.1, -0.05) is 29.3 Å². The van der Waals surface area contributed by atoms with Crippen molar-refractivity contribution in [3.05, 3.63) is 76.6 Å². The minimum absolute atomic E-state index is 0.00563. The van der Waals surface area contributed by atoms with Crippen LogP contribution in [0.15, 0.2) is 59.6 Å². The van der Waals surface area contributed by atoms with Crippen molar-refractivity contribution in [1.29, 1.82) is 0 Å². The molecule has 0 spiro atoms. The molecule has 3 aromatic rings. The molecule has 8 heteroatoms. The summed E-state index contributed by atoms with van der Waals surface area (Å²) in [5.41, 5.74) is 2.03. The molecule has 1 heterocycles. The third kappa shape index (κ3) is 4.32. The van der Waals surface area contributed by atoms with E-state index in [4.69, 9.17) is 11.6 Å². The highest BCUT2D eigenvalue weighted by atomic mass is 35.5. The summed E-state index contributed by atoms with van der Waals surface area (Å²) in [5.74, 6) is -0.513. The summed E-state index contributed by atoms with van der Waals surface area (Å²) < 4.78 is 26.9. The fraction of sp³-hybridized carbons (Fsp3) is 0.105. The molecule has 0 radical (unpaired) electrons. The van der Waals surface area contributed by atoms with Crippen LogP contribution in [-0.4, -0.2) is 24.3 Å². The number of carbonyl (C=O) groups is 1. The van der Waals surface area contributed by atoms with Gasteiger partial charge in [0.25, 0.3) is 15.9 Å². The van der Waals surface area contributed by atoms with Crippen LogP contribution in [0.5, 0.6) is 0 Å². The average molecular weight is 402 g/mol. The van der Waals surface area contributed by atoms with Crippen LogP contribution in [0.3, 0.4) is 0 Å². The molecule has 3 rings (SSSR count). The van der Waals surface area contributed by atoms with Crippen LogP contribution in [0, 0.1) is 13.8 Å². The number of amides is 1. The van der Waals surface area contributed by atoms with Gasteiger partial charge in [0.1, 0.15) is 5.69 Å². The molecule has 2 aromatic carbocycles. The zero-order chi connectivity index (χ0) is 19.6. The van der Waals surface area contributed by atoms with Gasteiger partial charge in [0.15, 0.2) is 5.82 Å². The number of benzene rings is 2. The summed E-state index contributed by atoms with van der Waals surface area (Å²) in [4.78, 5) is 21.0. The normalized spacial score (nSPS) is 11.2.